The summed E-state index contributed by atoms with van der Waals surface area (Å²) in [6.45, 7) is 0. The van der Waals surface area contributed by atoms with Crippen LogP contribution in [0.4, 0.5) is 5.69 Å². The van der Waals surface area contributed by atoms with Gasteiger partial charge in [0.2, 0.25) is 5.91 Å². The highest BCUT2D eigenvalue weighted by molar-refractivity contribution is 9.10. The molecule has 1 aromatic carbocycles. The Kier molecular flexibility index (Phi) is 3.53. The van der Waals surface area contributed by atoms with Crippen LogP contribution in [0.1, 0.15) is 6.42 Å². The summed E-state index contributed by atoms with van der Waals surface area (Å²) in [6.07, 6.45) is 0.415. The molecule has 1 amide bonds. The summed E-state index contributed by atoms with van der Waals surface area (Å²) < 4.78 is 23.3. The summed E-state index contributed by atoms with van der Waals surface area (Å²) in [5, 5.41) is 2.74. The molecule has 1 saturated heterocycles. The molecule has 4 nitrogen and oxygen atoms in total. The van der Waals surface area contributed by atoms with Gasteiger partial charge in [0.25, 0.3) is 0 Å². The first-order valence-corrected chi connectivity index (χ1v) is 7.85. The monoisotopic (exact) mass is 317 g/mol. The van der Waals surface area contributed by atoms with Gasteiger partial charge in [-0.15, -0.1) is 0 Å². The fraction of sp³-hybridized carbons (Fsp3) is 0.364. The van der Waals surface area contributed by atoms with Gasteiger partial charge in [-0.2, -0.15) is 0 Å². The van der Waals surface area contributed by atoms with Gasteiger partial charge in [-0.1, -0.05) is 12.1 Å². The number of hydrogen-bond acceptors (Lipinski definition) is 3. The van der Waals surface area contributed by atoms with Crippen molar-refractivity contribution in [2.45, 2.75) is 6.42 Å². The van der Waals surface area contributed by atoms with E-state index in [1.165, 1.54) is 0 Å². The van der Waals surface area contributed by atoms with Crippen LogP contribution >= 0.6 is 15.9 Å². The molecule has 0 aromatic heterocycles. The Balaban J connectivity index is 2.06. The van der Waals surface area contributed by atoms with Gasteiger partial charge in [0.15, 0.2) is 9.84 Å². The smallest absolute Gasteiger partial charge is 0.228 e. The van der Waals surface area contributed by atoms with E-state index in [-0.39, 0.29) is 17.4 Å². The van der Waals surface area contributed by atoms with Gasteiger partial charge in [-0.3, -0.25) is 4.79 Å². The van der Waals surface area contributed by atoms with Crippen molar-refractivity contribution in [3.63, 3.8) is 0 Å². The molecule has 1 aromatic rings. The molecule has 6 heteroatoms. The predicted molar refractivity (Wildman–Crippen MR) is 69.5 cm³/mol. The number of carbonyl (C=O) groups is 1. The lowest BCUT2D eigenvalue weighted by molar-refractivity contribution is -0.119. The molecular weight excluding hydrogens is 306 g/mol. The topological polar surface area (TPSA) is 63.2 Å². The van der Waals surface area contributed by atoms with Crippen LogP contribution in [-0.2, 0) is 14.6 Å². The molecule has 92 valence electrons. The Morgan fingerprint density at radius 2 is 2.06 bits per heavy atom. The first-order chi connectivity index (χ1) is 7.98. The number of rotatable bonds is 2. The Morgan fingerprint density at radius 1 is 1.35 bits per heavy atom. The van der Waals surface area contributed by atoms with E-state index >= 15 is 0 Å². The minimum atomic E-state index is -3.02. The first-order valence-electron chi connectivity index (χ1n) is 5.24. The minimum Gasteiger partial charge on any atom is -0.325 e. The van der Waals surface area contributed by atoms with Gasteiger partial charge in [0, 0.05) is 4.47 Å². The molecule has 0 radical (unpaired) electrons. The maximum Gasteiger partial charge on any atom is 0.228 e. The molecule has 0 saturated carbocycles. The second-order valence-electron chi connectivity index (χ2n) is 4.07. The fourth-order valence-corrected chi connectivity index (χ4v) is 3.92. The molecule has 1 unspecified atom stereocenters. The van der Waals surface area contributed by atoms with Gasteiger partial charge in [-0.25, -0.2) is 8.42 Å². The summed E-state index contributed by atoms with van der Waals surface area (Å²) in [4.78, 5) is 11.9. The lowest BCUT2D eigenvalue weighted by atomic mass is 10.1. The van der Waals surface area contributed by atoms with Crippen LogP contribution in [0.15, 0.2) is 28.7 Å². The van der Waals surface area contributed by atoms with Crippen molar-refractivity contribution in [1.29, 1.82) is 0 Å². The molecule has 1 fully saturated rings. The molecule has 17 heavy (non-hydrogen) atoms. The van der Waals surface area contributed by atoms with Crippen molar-refractivity contribution < 1.29 is 13.2 Å². The molecule has 1 aliphatic rings. The number of carbonyl (C=O) groups excluding carboxylic acids is 1. The van der Waals surface area contributed by atoms with E-state index in [4.69, 9.17) is 0 Å². The maximum atomic E-state index is 11.9. The summed E-state index contributed by atoms with van der Waals surface area (Å²) in [5.74, 6) is -0.574. The normalized spacial score (nSPS) is 22.3. The summed E-state index contributed by atoms with van der Waals surface area (Å²) in [7, 11) is -3.02. The molecule has 0 aliphatic carbocycles. The zero-order valence-corrected chi connectivity index (χ0v) is 11.4. The molecule has 1 aliphatic heterocycles. The number of sulfone groups is 1. The fourth-order valence-electron chi connectivity index (χ4n) is 1.80. The number of benzene rings is 1. The Bertz CT molecular complexity index is 541. The van der Waals surface area contributed by atoms with Gasteiger partial charge in [0.05, 0.1) is 23.1 Å². The van der Waals surface area contributed by atoms with Crippen LogP contribution in [0.25, 0.3) is 0 Å². The number of amides is 1. The third-order valence-electron chi connectivity index (χ3n) is 2.73. The molecule has 1 N–H and O–H groups in total. The van der Waals surface area contributed by atoms with Crippen LogP contribution in [0.2, 0.25) is 0 Å². The molecule has 2 rings (SSSR count). The van der Waals surface area contributed by atoms with Crippen LogP contribution in [0, 0.1) is 5.92 Å². The van der Waals surface area contributed by atoms with E-state index in [1.54, 1.807) is 6.07 Å². The van der Waals surface area contributed by atoms with E-state index in [2.05, 4.69) is 21.2 Å². The second-order valence-corrected chi connectivity index (χ2v) is 7.15. The van der Waals surface area contributed by atoms with E-state index in [0.29, 0.717) is 12.1 Å². The Morgan fingerprint density at radius 3 is 2.65 bits per heavy atom. The van der Waals surface area contributed by atoms with Gasteiger partial charge in [0.1, 0.15) is 0 Å². The van der Waals surface area contributed by atoms with Crippen molar-refractivity contribution in [2.75, 3.05) is 16.8 Å². The number of halogens is 1. The SMILES string of the molecule is O=C(Nc1ccccc1Br)C1CCS(=O)(=O)C1. The van der Waals surface area contributed by atoms with Crippen molar-refractivity contribution in [2.24, 2.45) is 5.92 Å². The summed E-state index contributed by atoms with van der Waals surface area (Å²) in [5.41, 5.74) is 0.668. The molecule has 0 bridgehead atoms. The van der Waals surface area contributed by atoms with E-state index in [0.717, 1.165) is 4.47 Å². The van der Waals surface area contributed by atoms with Crippen molar-refractivity contribution >= 4 is 37.4 Å². The van der Waals surface area contributed by atoms with Crippen molar-refractivity contribution in [1.82, 2.24) is 0 Å². The van der Waals surface area contributed by atoms with Gasteiger partial charge < -0.3 is 5.32 Å². The Hall–Kier alpha value is -0.880. The predicted octanol–water partition coefficient (Wildman–Crippen LogP) is 1.82. The molecular formula is C11H12BrNO3S. The second kappa shape index (κ2) is 4.78. The summed E-state index contributed by atoms with van der Waals surface area (Å²) in [6, 6.07) is 7.25. The largest absolute Gasteiger partial charge is 0.325 e. The highest BCUT2D eigenvalue weighted by Gasteiger charge is 2.33. The number of anilines is 1. The van der Waals surface area contributed by atoms with Crippen molar-refractivity contribution in [3.05, 3.63) is 28.7 Å². The van der Waals surface area contributed by atoms with Crippen molar-refractivity contribution in [3.8, 4) is 0 Å². The first kappa shape index (κ1) is 12.6. The lowest BCUT2D eigenvalue weighted by Crippen LogP contribution is -2.23. The zero-order valence-electron chi connectivity index (χ0n) is 9.02. The molecule has 1 atom stereocenters. The zero-order chi connectivity index (χ0) is 12.5. The molecule has 0 spiro atoms. The van der Waals surface area contributed by atoms with Crippen LogP contribution in [0.5, 0.6) is 0 Å². The van der Waals surface area contributed by atoms with E-state index in [9.17, 15) is 13.2 Å². The highest BCUT2D eigenvalue weighted by Crippen LogP contribution is 2.24. The quantitative estimate of drug-likeness (QED) is 0.905. The average molecular weight is 318 g/mol. The minimum absolute atomic E-state index is 0.0384. The number of hydrogen-bond donors (Lipinski definition) is 1. The van der Waals surface area contributed by atoms with E-state index < -0.39 is 15.8 Å². The van der Waals surface area contributed by atoms with Crippen LogP contribution in [0.3, 0.4) is 0 Å². The maximum absolute atomic E-state index is 11.9. The third-order valence-corrected chi connectivity index (χ3v) is 5.19. The summed E-state index contributed by atoms with van der Waals surface area (Å²) >= 11 is 3.32. The number of para-hydroxylation sites is 1. The molecule has 1 heterocycles. The Labute approximate surface area is 108 Å². The number of nitrogens with one attached hydrogen (secondary N) is 1. The van der Waals surface area contributed by atoms with Crippen LogP contribution in [-0.4, -0.2) is 25.8 Å². The van der Waals surface area contributed by atoms with Gasteiger partial charge in [-0.05, 0) is 34.5 Å². The third kappa shape index (κ3) is 3.07. The van der Waals surface area contributed by atoms with Gasteiger partial charge >= 0.3 is 0 Å². The van der Waals surface area contributed by atoms with Crippen LogP contribution < -0.4 is 5.32 Å². The highest BCUT2D eigenvalue weighted by atomic mass is 79.9. The standard InChI is InChI=1S/C11H12BrNO3S/c12-9-3-1-2-4-10(9)13-11(14)8-5-6-17(15,16)7-8/h1-4,8H,5-7H2,(H,13,14). The average Bonchev–Trinajstić information content (AvgIpc) is 2.62. The van der Waals surface area contributed by atoms with E-state index in [1.807, 2.05) is 18.2 Å². The lowest BCUT2D eigenvalue weighted by Gasteiger charge is -2.10.